The Bertz CT molecular complexity index is 823. The lowest BCUT2D eigenvalue weighted by atomic mass is 9.76. The van der Waals surface area contributed by atoms with E-state index in [0.29, 0.717) is 13.0 Å². The van der Waals surface area contributed by atoms with Crippen molar-refractivity contribution in [3.63, 3.8) is 0 Å². The number of aliphatic hydroxyl groups is 1. The fourth-order valence-corrected chi connectivity index (χ4v) is 5.79. The molecule has 1 unspecified atom stereocenters. The molecule has 0 spiro atoms. The van der Waals surface area contributed by atoms with Crippen molar-refractivity contribution in [2.45, 2.75) is 51.9 Å². The maximum absolute atomic E-state index is 13.6. The van der Waals surface area contributed by atoms with Crippen molar-refractivity contribution in [3.05, 3.63) is 59.9 Å². The molecule has 0 saturated carbocycles. The van der Waals surface area contributed by atoms with Crippen molar-refractivity contribution in [2.75, 3.05) is 19.3 Å². The standard InChI is InChI=1S/C24H34N2O3Si/c1-30(2,3)19-26(18-20-10-5-4-6-11-20)22(28)17-24(13-9-12-21(27)16-24)23(29)25-14-7-8-15-25/h4-6,9-12,16,27H,7-8,13-15,17-19H2,1-3H3. The second-order valence-electron chi connectivity index (χ2n) is 9.80. The number of carbonyl (C=O) groups is 2. The zero-order valence-corrected chi connectivity index (χ0v) is 19.4. The van der Waals surface area contributed by atoms with E-state index < -0.39 is 13.5 Å². The summed E-state index contributed by atoms with van der Waals surface area (Å²) in [6.07, 6.45) is 8.31. The average molecular weight is 427 g/mol. The van der Waals surface area contributed by atoms with Gasteiger partial charge < -0.3 is 14.9 Å². The number of aliphatic hydroxyl groups excluding tert-OH is 1. The zero-order valence-electron chi connectivity index (χ0n) is 18.4. The summed E-state index contributed by atoms with van der Waals surface area (Å²) in [5.74, 6) is 0.0199. The smallest absolute Gasteiger partial charge is 0.233 e. The summed E-state index contributed by atoms with van der Waals surface area (Å²) in [4.78, 5) is 30.8. The highest BCUT2D eigenvalue weighted by molar-refractivity contribution is 6.76. The molecule has 1 aliphatic carbocycles. The number of hydrogen-bond donors (Lipinski definition) is 1. The molecule has 1 aromatic carbocycles. The Balaban J connectivity index is 1.86. The molecule has 1 N–H and O–H groups in total. The van der Waals surface area contributed by atoms with Gasteiger partial charge in [-0.1, -0.05) is 56.0 Å². The second-order valence-corrected chi connectivity index (χ2v) is 15.2. The van der Waals surface area contributed by atoms with Crippen LogP contribution in [-0.2, 0) is 16.1 Å². The van der Waals surface area contributed by atoms with Gasteiger partial charge in [-0.05, 0) is 37.0 Å². The predicted molar refractivity (Wildman–Crippen MR) is 123 cm³/mol. The van der Waals surface area contributed by atoms with Gasteiger partial charge in [-0.25, -0.2) is 0 Å². The van der Waals surface area contributed by atoms with Gasteiger partial charge >= 0.3 is 0 Å². The third-order valence-corrected chi connectivity index (χ3v) is 7.05. The van der Waals surface area contributed by atoms with Gasteiger partial charge in [-0.2, -0.15) is 0 Å². The summed E-state index contributed by atoms with van der Waals surface area (Å²) in [6.45, 7) is 8.75. The molecular formula is C24H34N2O3Si. The number of benzene rings is 1. The lowest BCUT2D eigenvalue weighted by molar-refractivity contribution is -0.144. The van der Waals surface area contributed by atoms with E-state index in [0.717, 1.165) is 37.7 Å². The topological polar surface area (TPSA) is 60.9 Å². The minimum absolute atomic E-state index is 0.0202. The van der Waals surface area contributed by atoms with Crippen molar-refractivity contribution in [2.24, 2.45) is 5.41 Å². The molecule has 1 saturated heterocycles. The zero-order chi connectivity index (χ0) is 21.8. The molecule has 1 fully saturated rings. The summed E-state index contributed by atoms with van der Waals surface area (Å²) < 4.78 is 0. The predicted octanol–water partition coefficient (Wildman–Crippen LogP) is 4.29. The largest absolute Gasteiger partial charge is 0.508 e. The van der Waals surface area contributed by atoms with E-state index in [-0.39, 0.29) is 24.0 Å². The third kappa shape index (κ3) is 5.63. The summed E-state index contributed by atoms with van der Waals surface area (Å²) in [5, 5.41) is 10.2. The molecule has 5 nitrogen and oxygen atoms in total. The van der Waals surface area contributed by atoms with Gasteiger partial charge in [0.25, 0.3) is 0 Å². The number of nitrogens with zero attached hydrogens (tertiary/aromatic N) is 2. The molecule has 30 heavy (non-hydrogen) atoms. The van der Waals surface area contributed by atoms with Gasteiger partial charge in [0.1, 0.15) is 5.76 Å². The number of rotatable bonds is 7. The third-order valence-electron chi connectivity index (χ3n) is 5.71. The molecule has 0 radical (unpaired) electrons. The van der Waals surface area contributed by atoms with E-state index in [4.69, 9.17) is 0 Å². The van der Waals surface area contributed by atoms with Crippen LogP contribution in [0.1, 0.15) is 31.2 Å². The van der Waals surface area contributed by atoms with Gasteiger partial charge in [0, 0.05) is 32.2 Å². The number of likely N-dealkylation sites (tertiary alicyclic amines) is 1. The average Bonchev–Trinajstić information content (AvgIpc) is 3.21. The fourth-order valence-electron chi connectivity index (χ4n) is 4.35. The van der Waals surface area contributed by atoms with Crippen molar-refractivity contribution in [1.29, 1.82) is 0 Å². The van der Waals surface area contributed by atoms with Gasteiger partial charge in [0.2, 0.25) is 11.8 Å². The van der Waals surface area contributed by atoms with Gasteiger partial charge in [-0.15, -0.1) is 0 Å². The van der Waals surface area contributed by atoms with Crippen LogP contribution in [0.2, 0.25) is 19.6 Å². The van der Waals surface area contributed by atoms with Crippen LogP contribution < -0.4 is 0 Å². The fraction of sp³-hybridized carbons (Fsp3) is 0.500. The molecule has 1 aromatic rings. The summed E-state index contributed by atoms with van der Waals surface area (Å²) in [7, 11) is -1.56. The second kappa shape index (κ2) is 9.21. The highest BCUT2D eigenvalue weighted by Crippen LogP contribution is 2.37. The number of hydrogen-bond acceptors (Lipinski definition) is 3. The van der Waals surface area contributed by atoms with Crippen molar-refractivity contribution in [3.8, 4) is 0 Å². The van der Waals surface area contributed by atoms with Gasteiger partial charge in [-0.3, -0.25) is 9.59 Å². The summed E-state index contributed by atoms with van der Waals surface area (Å²) in [5.41, 5.74) is 0.0974. The highest BCUT2D eigenvalue weighted by Gasteiger charge is 2.43. The Morgan fingerprint density at radius 3 is 2.40 bits per heavy atom. The Labute approximate surface area is 181 Å². The molecule has 162 valence electrons. The molecule has 2 aliphatic rings. The van der Waals surface area contributed by atoms with E-state index >= 15 is 0 Å². The molecule has 0 aromatic heterocycles. The monoisotopic (exact) mass is 426 g/mol. The van der Waals surface area contributed by atoms with E-state index in [2.05, 4.69) is 19.6 Å². The SMILES string of the molecule is C[Si](C)(C)CN(Cc1ccccc1)C(=O)CC1(C(=O)N2CCCC2)C=C(O)C=CC1. The maximum atomic E-state index is 13.6. The molecule has 1 aliphatic heterocycles. The Hall–Kier alpha value is -2.34. The first-order valence-electron chi connectivity index (χ1n) is 10.9. The first-order chi connectivity index (χ1) is 14.2. The van der Waals surface area contributed by atoms with Crippen LogP contribution >= 0.6 is 0 Å². The molecule has 1 heterocycles. The van der Waals surface area contributed by atoms with E-state index in [1.54, 1.807) is 12.2 Å². The van der Waals surface area contributed by atoms with Crippen LogP contribution in [0.4, 0.5) is 0 Å². The van der Waals surface area contributed by atoms with Crippen LogP contribution in [0.5, 0.6) is 0 Å². The number of amides is 2. The Morgan fingerprint density at radius 1 is 1.13 bits per heavy atom. The number of allylic oxidation sites excluding steroid dienone is 2. The maximum Gasteiger partial charge on any atom is 0.233 e. The lowest BCUT2D eigenvalue weighted by Crippen LogP contribution is -2.48. The van der Waals surface area contributed by atoms with Crippen molar-refractivity contribution < 1.29 is 14.7 Å². The molecule has 1 atom stereocenters. The molecular weight excluding hydrogens is 392 g/mol. The van der Waals surface area contributed by atoms with E-state index in [9.17, 15) is 14.7 Å². The molecule has 3 rings (SSSR count). The summed E-state index contributed by atoms with van der Waals surface area (Å²) >= 11 is 0. The summed E-state index contributed by atoms with van der Waals surface area (Å²) in [6, 6.07) is 10.0. The highest BCUT2D eigenvalue weighted by atomic mass is 28.3. The normalized spacial score (nSPS) is 21.4. The van der Waals surface area contributed by atoms with E-state index in [1.807, 2.05) is 46.2 Å². The molecule has 6 heteroatoms. The Morgan fingerprint density at radius 2 is 1.80 bits per heavy atom. The lowest BCUT2D eigenvalue weighted by Gasteiger charge is -2.36. The first kappa shape index (κ1) is 22.3. The Kier molecular flexibility index (Phi) is 6.86. The quantitative estimate of drug-likeness (QED) is 0.662. The van der Waals surface area contributed by atoms with Crippen LogP contribution in [0.3, 0.4) is 0 Å². The molecule has 2 amide bonds. The van der Waals surface area contributed by atoms with Crippen molar-refractivity contribution in [1.82, 2.24) is 9.80 Å². The van der Waals surface area contributed by atoms with E-state index in [1.165, 1.54) is 0 Å². The first-order valence-corrected chi connectivity index (χ1v) is 14.6. The minimum Gasteiger partial charge on any atom is -0.508 e. The van der Waals surface area contributed by atoms with Crippen LogP contribution in [-0.4, -0.2) is 54.1 Å². The van der Waals surface area contributed by atoms with Crippen LogP contribution in [0.15, 0.2) is 54.3 Å². The van der Waals surface area contributed by atoms with Crippen molar-refractivity contribution >= 4 is 19.9 Å². The number of carbonyl (C=O) groups excluding carboxylic acids is 2. The minimum atomic E-state index is -1.56. The molecule has 0 bridgehead atoms. The van der Waals surface area contributed by atoms with Crippen LogP contribution in [0, 0.1) is 5.41 Å². The van der Waals surface area contributed by atoms with Gasteiger partial charge in [0.15, 0.2) is 0 Å². The van der Waals surface area contributed by atoms with Gasteiger partial charge in [0.05, 0.1) is 13.5 Å². The van der Waals surface area contributed by atoms with Crippen LogP contribution in [0.25, 0.3) is 0 Å².